The molecule has 0 N–H and O–H groups in total. The Morgan fingerprint density at radius 1 is 1.56 bits per heavy atom. The fraction of sp³-hybridized carbons (Fsp3) is 0.429. The third kappa shape index (κ3) is 1.85. The van der Waals surface area contributed by atoms with Crippen molar-refractivity contribution in [3.63, 3.8) is 0 Å². The maximum absolute atomic E-state index is 8.73. The van der Waals surface area contributed by atoms with Gasteiger partial charge in [-0.15, -0.1) is 6.58 Å². The van der Waals surface area contributed by atoms with E-state index in [0.717, 1.165) is 16.9 Å². The summed E-state index contributed by atoms with van der Waals surface area (Å²) in [6, 6.07) is 4.13. The van der Waals surface area contributed by atoms with Gasteiger partial charge in [0.15, 0.2) is 0 Å². The molecule has 0 saturated carbocycles. The number of fused-ring (bicyclic) bond motifs is 1. The minimum atomic E-state index is -0.608. The quantitative estimate of drug-likeness (QED) is 0.335. The summed E-state index contributed by atoms with van der Waals surface area (Å²) in [7, 11) is 0. The number of hydrogen-bond donors (Lipinski definition) is 0. The largest absolute Gasteiger partial charge is 0.493 e. The second-order valence-corrected chi connectivity index (χ2v) is 5.04. The lowest BCUT2D eigenvalue weighted by atomic mass is 9.77. The van der Waals surface area contributed by atoms with E-state index in [1.165, 1.54) is 5.56 Å². The van der Waals surface area contributed by atoms with Gasteiger partial charge in [0.05, 0.1) is 5.54 Å². The standard InChI is InChI=1S/C14H17N3O/c1-5-11-13-10(3)6-9(2)7-12(13)18-8-14(11,4)16-17-15/h5-7,11H,1,8H2,2-4H3/t11-,14+/m0/s1. The number of hydrogen-bond acceptors (Lipinski definition) is 2. The Balaban J connectivity index is 2.63. The summed E-state index contributed by atoms with van der Waals surface area (Å²) in [4.78, 5) is 2.95. The van der Waals surface area contributed by atoms with Gasteiger partial charge in [-0.2, -0.15) is 0 Å². The highest BCUT2D eigenvalue weighted by Crippen LogP contribution is 2.44. The van der Waals surface area contributed by atoms with Crippen molar-refractivity contribution < 1.29 is 4.74 Å². The van der Waals surface area contributed by atoms with Crippen molar-refractivity contribution in [3.05, 3.63) is 51.9 Å². The van der Waals surface area contributed by atoms with Crippen molar-refractivity contribution in [1.29, 1.82) is 0 Å². The Kier molecular flexibility index (Phi) is 3.05. The van der Waals surface area contributed by atoms with E-state index in [9.17, 15) is 0 Å². The molecule has 1 aromatic rings. The third-order valence-electron chi connectivity index (χ3n) is 3.50. The van der Waals surface area contributed by atoms with Crippen LogP contribution in [0.1, 0.15) is 29.5 Å². The first-order chi connectivity index (χ1) is 8.51. The molecule has 0 aliphatic carbocycles. The Bertz CT molecular complexity index is 546. The Labute approximate surface area is 107 Å². The van der Waals surface area contributed by atoms with Crippen LogP contribution in [0.25, 0.3) is 10.4 Å². The van der Waals surface area contributed by atoms with E-state index >= 15 is 0 Å². The molecule has 4 heteroatoms. The number of ether oxygens (including phenoxy) is 1. The highest BCUT2D eigenvalue weighted by Gasteiger charge is 2.39. The molecule has 4 nitrogen and oxygen atoms in total. The average molecular weight is 243 g/mol. The van der Waals surface area contributed by atoms with Crippen LogP contribution in [0.4, 0.5) is 0 Å². The molecule has 0 fully saturated rings. The molecule has 18 heavy (non-hydrogen) atoms. The van der Waals surface area contributed by atoms with E-state index in [-0.39, 0.29) is 5.92 Å². The van der Waals surface area contributed by atoms with Crippen LogP contribution in [-0.4, -0.2) is 12.1 Å². The van der Waals surface area contributed by atoms with Gasteiger partial charge in [-0.1, -0.05) is 17.3 Å². The number of benzene rings is 1. The van der Waals surface area contributed by atoms with Gasteiger partial charge in [0.2, 0.25) is 0 Å². The number of nitrogens with zero attached hydrogens (tertiary/aromatic N) is 3. The second-order valence-electron chi connectivity index (χ2n) is 5.04. The molecule has 1 heterocycles. The van der Waals surface area contributed by atoms with Crippen molar-refractivity contribution >= 4 is 0 Å². The van der Waals surface area contributed by atoms with E-state index in [1.54, 1.807) is 0 Å². The zero-order valence-corrected chi connectivity index (χ0v) is 11.0. The fourth-order valence-electron chi connectivity index (χ4n) is 2.65. The summed E-state index contributed by atoms with van der Waals surface area (Å²) < 4.78 is 5.77. The fourth-order valence-corrected chi connectivity index (χ4v) is 2.65. The molecule has 0 unspecified atom stereocenters. The van der Waals surface area contributed by atoms with Gasteiger partial charge >= 0.3 is 0 Å². The molecule has 0 bridgehead atoms. The van der Waals surface area contributed by atoms with Crippen LogP contribution in [0.15, 0.2) is 29.9 Å². The molecule has 94 valence electrons. The van der Waals surface area contributed by atoms with E-state index in [2.05, 4.69) is 22.7 Å². The Morgan fingerprint density at radius 3 is 2.89 bits per heavy atom. The molecular weight excluding hydrogens is 226 g/mol. The smallest absolute Gasteiger partial charge is 0.123 e. The second kappa shape index (κ2) is 4.39. The Hall–Kier alpha value is -1.93. The summed E-state index contributed by atoms with van der Waals surface area (Å²) in [5.74, 6) is 0.862. The molecule has 0 radical (unpaired) electrons. The van der Waals surface area contributed by atoms with Crippen LogP contribution in [0.2, 0.25) is 0 Å². The summed E-state index contributed by atoms with van der Waals surface area (Å²) >= 11 is 0. The molecule has 2 rings (SSSR count). The van der Waals surface area contributed by atoms with Gasteiger partial charge in [0, 0.05) is 16.4 Å². The normalized spacial score (nSPS) is 25.6. The highest BCUT2D eigenvalue weighted by atomic mass is 16.5. The van der Waals surface area contributed by atoms with Crippen LogP contribution >= 0.6 is 0 Å². The maximum atomic E-state index is 8.73. The topological polar surface area (TPSA) is 58.0 Å². The predicted octanol–water partition coefficient (Wildman–Crippen LogP) is 4.03. The summed E-state index contributed by atoms with van der Waals surface area (Å²) in [5, 5.41) is 3.91. The molecule has 1 aromatic carbocycles. The molecule has 2 atom stereocenters. The summed E-state index contributed by atoms with van der Waals surface area (Å²) in [5.41, 5.74) is 11.5. The minimum absolute atomic E-state index is 0.0160. The molecule has 1 aliphatic rings. The Morgan fingerprint density at radius 2 is 2.28 bits per heavy atom. The zero-order valence-electron chi connectivity index (χ0n) is 11.0. The van der Waals surface area contributed by atoms with E-state index in [4.69, 9.17) is 10.3 Å². The van der Waals surface area contributed by atoms with Crippen molar-refractivity contribution in [2.75, 3.05) is 6.61 Å². The molecule has 1 aliphatic heterocycles. The van der Waals surface area contributed by atoms with Crippen LogP contribution in [0, 0.1) is 13.8 Å². The lowest BCUT2D eigenvalue weighted by Crippen LogP contribution is -2.40. The molecule has 0 amide bonds. The first-order valence-electron chi connectivity index (χ1n) is 5.94. The van der Waals surface area contributed by atoms with Gasteiger partial charge < -0.3 is 4.74 Å². The van der Waals surface area contributed by atoms with Crippen LogP contribution < -0.4 is 4.74 Å². The predicted molar refractivity (Wildman–Crippen MR) is 71.9 cm³/mol. The molecule has 0 aromatic heterocycles. The summed E-state index contributed by atoms with van der Waals surface area (Å²) in [6.45, 7) is 10.3. The van der Waals surface area contributed by atoms with Gasteiger partial charge in [-0.25, -0.2) is 0 Å². The monoisotopic (exact) mass is 243 g/mol. The number of aryl methyl sites for hydroxylation is 2. The van der Waals surface area contributed by atoms with Crippen LogP contribution in [0.3, 0.4) is 0 Å². The lowest BCUT2D eigenvalue weighted by molar-refractivity contribution is 0.189. The SMILES string of the molecule is C=C[C@H]1c2c(C)cc(C)cc2OC[C@@]1(C)N=[N+]=[N-]. The summed E-state index contributed by atoms with van der Waals surface area (Å²) in [6.07, 6.45) is 1.85. The minimum Gasteiger partial charge on any atom is -0.493 e. The third-order valence-corrected chi connectivity index (χ3v) is 3.50. The van der Waals surface area contributed by atoms with Gasteiger partial charge in [-0.05, 0) is 43.5 Å². The van der Waals surface area contributed by atoms with Crippen molar-refractivity contribution in [2.45, 2.75) is 32.2 Å². The zero-order chi connectivity index (χ0) is 13.3. The van der Waals surface area contributed by atoms with Crippen molar-refractivity contribution in [1.82, 2.24) is 0 Å². The van der Waals surface area contributed by atoms with Crippen LogP contribution in [-0.2, 0) is 0 Å². The maximum Gasteiger partial charge on any atom is 0.123 e. The molecule has 0 spiro atoms. The first kappa shape index (κ1) is 12.5. The van der Waals surface area contributed by atoms with Crippen molar-refractivity contribution in [3.8, 4) is 5.75 Å². The van der Waals surface area contributed by atoms with E-state index in [1.807, 2.05) is 32.9 Å². The van der Waals surface area contributed by atoms with Crippen LogP contribution in [0.5, 0.6) is 5.75 Å². The van der Waals surface area contributed by atoms with Gasteiger partial charge in [0.1, 0.15) is 12.4 Å². The van der Waals surface area contributed by atoms with E-state index in [0.29, 0.717) is 6.61 Å². The first-order valence-corrected chi connectivity index (χ1v) is 5.94. The molecule has 0 saturated heterocycles. The highest BCUT2D eigenvalue weighted by molar-refractivity contribution is 5.50. The number of rotatable bonds is 2. The lowest BCUT2D eigenvalue weighted by Gasteiger charge is -2.38. The average Bonchev–Trinajstić information content (AvgIpc) is 2.30. The number of azide groups is 1. The van der Waals surface area contributed by atoms with E-state index < -0.39 is 5.54 Å². The molecular formula is C14H17N3O. The van der Waals surface area contributed by atoms with Gasteiger partial charge in [-0.3, -0.25) is 0 Å². The van der Waals surface area contributed by atoms with Crippen molar-refractivity contribution in [2.24, 2.45) is 5.11 Å². The van der Waals surface area contributed by atoms with Gasteiger partial charge in [0.25, 0.3) is 0 Å².